The second kappa shape index (κ2) is 9.67. The molecule has 11 heteroatoms. The van der Waals surface area contributed by atoms with Gasteiger partial charge in [0.05, 0.1) is 22.8 Å². The summed E-state index contributed by atoms with van der Waals surface area (Å²) in [7, 11) is 0. The van der Waals surface area contributed by atoms with Crippen LogP contribution in [0.4, 0.5) is 0 Å². The summed E-state index contributed by atoms with van der Waals surface area (Å²) in [4.78, 5) is 11.9. The first-order valence-corrected chi connectivity index (χ1v) is 11.3. The fraction of sp³-hybridized carbons (Fsp3) is 0.364. The number of ether oxygens (including phenoxy) is 1. The Labute approximate surface area is 195 Å². The molecule has 1 aliphatic heterocycles. The molecule has 3 aromatic heterocycles. The molecule has 2 N–H and O–H groups in total. The SMILES string of the molecule is CC(=NC1CCN(C#N)CC1)/C(=N\N)c1cc(OC(C)c2ccns2)n2c(C#N)cnc2c1. The third kappa shape index (κ3) is 4.64. The van der Waals surface area contributed by atoms with Crippen molar-refractivity contribution in [1.82, 2.24) is 18.7 Å². The van der Waals surface area contributed by atoms with Crippen LogP contribution in [0.3, 0.4) is 0 Å². The standard InChI is InChI=1S/C22H23N9OS/c1-14(28-17-4-7-30(13-24)8-5-17)22(29-25)16-9-20-26-12-18(11-23)31(20)21(10-16)32-15(2)19-3-6-27-33-19/h3,6,9-10,12,15,17H,4-5,7-8,25H2,1-2H3/b28-14?,29-22+. The summed E-state index contributed by atoms with van der Waals surface area (Å²) in [5.41, 5.74) is 2.83. The number of pyridine rings is 1. The van der Waals surface area contributed by atoms with Crippen LogP contribution in [-0.2, 0) is 0 Å². The average molecular weight is 462 g/mol. The number of rotatable bonds is 6. The Kier molecular flexibility index (Phi) is 6.52. The maximum Gasteiger partial charge on any atom is 0.201 e. The van der Waals surface area contributed by atoms with Gasteiger partial charge in [0.15, 0.2) is 6.19 Å². The van der Waals surface area contributed by atoms with Crippen LogP contribution in [0.2, 0.25) is 0 Å². The molecule has 0 bridgehead atoms. The van der Waals surface area contributed by atoms with Crippen LogP contribution in [0.25, 0.3) is 5.65 Å². The second-order valence-corrected chi connectivity index (χ2v) is 8.58. The maximum absolute atomic E-state index is 9.54. The highest BCUT2D eigenvalue weighted by molar-refractivity contribution is 7.05. The lowest BCUT2D eigenvalue weighted by Crippen LogP contribution is -2.32. The van der Waals surface area contributed by atoms with Gasteiger partial charge in [-0.05, 0) is 50.4 Å². The third-order valence-corrected chi connectivity index (χ3v) is 6.48. The monoisotopic (exact) mass is 461 g/mol. The number of likely N-dealkylation sites (tertiary alicyclic amines) is 1. The molecule has 10 nitrogen and oxygen atoms in total. The lowest BCUT2D eigenvalue weighted by molar-refractivity contribution is 0.218. The molecule has 168 valence electrons. The van der Waals surface area contributed by atoms with E-state index >= 15 is 0 Å². The molecule has 0 aromatic carbocycles. The Morgan fingerprint density at radius 1 is 1.33 bits per heavy atom. The van der Waals surface area contributed by atoms with Gasteiger partial charge in [0.2, 0.25) is 5.88 Å². The van der Waals surface area contributed by atoms with Crippen molar-refractivity contribution in [3.05, 3.63) is 46.7 Å². The summed E-state index contributed by atoms with van der Waals surface area (Å²) in [6, 6.07) is 7.77. The first-order valence-electron chi connectivity index (χ1n) is 10.5. The lowest BCUT2D eigenvalue weighted by Gasteiger charge is -2.26. The average Bonchev–Trinajstić information content (AvgIpc) is 3.50. The van der Waals surface area contributed by atoms with E-state index in [9.17, 15) is 5.26 Å². The molecular formula is C22H23N9OS. The largest absolute Gasteiger partial charge is 0.470 e. The van der Waals surface area contributed by atoms with Gasteiger partial charge in [-0.1, -0.05) is 0 Å². The van der Waals surface area contributed by atoms with E-state index in [1.807, 2.05) is 26.0 Å². The Morgan fingerprint density at radius 2 is 2.12 bits per heavy atom. The van der Waals surface area contributed by atoms with Crippen molar-refractivity contribution in [3.8, 4) is 18.1 Å². The van der Waals surface area contributed by atoms with E-state index in [1.165, 1.54) is 17.7 Å². The summed E-state index contributed by atoms with van der Waals surface area (Å²) in [6.45, 7) is 5.18. The molecule has 0 aliphatic carbocycles. The molecule has 0 spiro atoms. The molecule has 0 amide bonds. The number of nitriles is 2. The minimum Gasteiger partial charge on any atom is -0.470 e. The van der Waals surface area contributed by atoms with Crippen molar-refractivity contribution in [2.24, 2.45) is 15.9 Å². The molecule has 4 heterocycles. The van der Waals surface area contributed by atoms with Crippen LogP contribution in [0.5, 0.6) is 5.88 Å². The van der Waals surface area contributed by atoms with E-state index in [1.54, 1.807) is 21.6 Å². The molecule has 3 aromatic rings. The molecule has 1 saturated heterocycles. The zero-order valence-corrected chi connectivity index (χ0v) is 19.2. The molecule has 0 radical (unpaired) electrons. The number of fused-ring (bicyclic) bond motifs is 1. The summed E-state index contributed by atoms with van der Waals surface area (Å²) < 4.78 is 12.0. The van der Waals surface area contributed by atoms with Crippen molar-refractivity contribution < 1.29 is 4.74 Å². The Hall–Kier alpha value is -3.96. The Bertz CT molecular complexity index is 1270. The topological polar surface area (TPSA) is 141 Å². The van der Waals surface area contributed by atoms with Gasteiger partial charge in [-0.3, -0.25) is 9.39 Å². The first-order chi connectivity index (χ1) is 16.0. The minimum absolute atomic E-state index is 0.105. The zero-order valence-electron chi connectivity index (χ0n) is 18.3. The number of imidazole rings is 1. The van der Waals surface area contributed by atoms with Crippen LogP contribution < -0.4 is 10.6 Å². The summed E-state index contributed by atoms with van der Waals surface area (Å²) in [5, 5.41) is 22.6. The number of piperidine rings is 1. The number of hydrogen-bond donors (Lipinski definition) is 1. The zero-order chi connectivity index (χ0) is 23.4. The van der Waals surface area contributed by atoms with Crippen LogP contribution >= 0.6 is 11.5 Å². The lowest BCUT2D eigenvalue weighted by atomic mass is 10.0. The fourth-order valence-corrected chi connectivity index (χ4v) is 4.42. The van der Waals surface area contributed by atoms with Gasteiger partial charge in [0.1, 0.15) is 29.2 Å². The van der Waals surface area contributed by atoms with Crippen molar-refractivity contribution in [2.75, 3.05) is 13.1 Å². The molecule has 1 aliphatic rings. The first kappa shape index (κ1) is 22.2. The van der Waals surface area contributed by atoms with E-state index in [0.717, 1.165) is 17.7 Å². The smallest absolute Gasteiger partial charge is 0.201 e. The van der Waals surface area contributed by atoms with E-state index in [2.05, 4.69) is 26.7 Å². The number of hydrazone groups is 1. The maximum atomic E-state index is 9.54. The minimum atomic E-state index is -0.275. The Balaban J connectivity index is 1.68. The predicted molar refractivity (Wildman–Crippen MR) is 125 cm³/mol. The number of nitrogens with two attached hydrogens (primary N) is 1. The molecule has 1 fully saturated rings. The van der Waals surface area contributed by atoms with E-state index in [-0.39, 0.29) is 12.1 Å². The van der Waals surface area contributed by atoms with Crippen molar-refractivity contribution in [1.29, 1.82) is 10.5 Å². The number of aromatic nitrogens is 3. The van der Waals surface area contributed by atoms with Crippen LogP contribution in [-0.4, -0.2) is 49.2 Å². The van der Waals surface area contributed by atoms with Gasteiger partial charge in [0, 0.05) is 30.9 Å². The molecule has 0 saturated carbocycles. The van der Waals surface area contributed by atoms with Crippen molar-refractivity contribution in [3.63, 3.8) is 0 Å². The molecule has 1 atom stereocenters. The number of aliphatic imine (C=N–C) groups is 1. The van der Waals surface area contributed by atoms with E-state index < -0.39 is 0 Å². The molecule has 4 rings (SSSR count). The van der Waals surface area contributed by atoms with Gasteiger partial charge in [0.25, 0.3) is 0 Å². The van der Waals surface area contributed by atoms with Crippen LogP contribution in [0.1, 0.15) is 48.9 Å². The number of nitrogens with zero attached hydrogens (tertiary/aromatic N) is 8. The number of hydrogen-bond acceptors (Lipinski definition) is 10. The summed E-state index contributed by atoms with van der Waals surface area (Å²) in [6.07, 6.45) is 6.74. The molecule has 1 unspecified atom stereocenters. The van der Waals surface area contributed by atoms with Gasteiger partial charge in [-0.2, -0.15) is 15.6 Å². The van der Waals surface area contributed by atoms with E-state index in [4.69, 9.17) is 20.8 Å². The summed E-state index contributed by atoms with van der Waals surface area (Å²) in [5.74, 6) is 6.24. The molecular weight excluding hydrogens is 438 g/mol. The van der Waals surface area contributed by atoms with E-state index in [0.29, 0.717) is 47.3 Å². The predicted octanol–water partition coefficient (Wildman–Crippen LogP) is 2.87. The van der Waals surface area contributed by atoms with Gasteiger partial charge in [-0.15, -0.1) is 0 Å². The normalized spacial score (nSPS) is 16.4. The second-order valence-electron chi connectivity index (χ2n) is 7.72. The molecule has 33 heavy (non-hydrogen) atoms. The highest BCUT2D eigenvalue weighted by Crippen LogP contribution is 2.27. The highest BCUT2D eigenvalue weighted by atomic mass is 32.1. The Morgan fingerprint density at radius 3 is 2.76 bits per heavy atom. The van der Waals surface area contributed by atoms with Crippen LogP contribution in [0.15, 0.2) is 40.7 Å². The van der Waals surface area contributed by atoms with Crippen molar-refractivity contribution in [2.45, 2.75) is 38.8 Å². The fourth-order valence-electron chi connectivity index (χ4n) is 3.86. The summed E-state index contributed by atoms with van der Waals surface area (Å²) >= 11 is 1.36. The quantitative estimate of drug-likeness (QED) is 0.257. The third-order valence-electron chi connectivity index (χ3n) is 5.57. The van der Waals surface area contributed by atoms with Crippen LogP contribution in [0, 0.1) is 22.8 Å². The van der Waals surface area contributed by atoms with Crippen molar-refractivity contribution >= 4 is 28.6 Å². The van der Waals surface area contributed by atoms with Gasteiger partial charge < -0.3 is 15.5 Å². The van der Waals surface area contributed by atoms with Gasteiger partial charge in [-0.25, -0.2) is 9.36 Å². The highest BCUT2D eigenvalue weighted by Gasteiger charge is 2.21. The van der Waals surface area contributed by atoms with Gasteiger partial charge >= 0.3 is 0 Å².